The van der Waals surface area contributed by atoms with Gasteiger partial charge in [-0.05, 0) is 56.5 Å². The number of anilines is 1. The van der Waals surface area contributed by atoms with Crippen molar-refractivity contribution in [3.63, 3.8) is 0 Å². The van der Waals surface area contributed by atoms with Crippen molar-refractivity contribution in [1.29, 1.82) is 5.26 Å². The summed E-state index contributed by atoms with van der Waals surface area (Å²) in [6.07, 6.45) is 6.80. The van der Waals surface area contributed by atoms with Crippen molar-refractivity contribution in [3.05, 3.63) is 45.6 Å². The summed E-state index contributed by atoms with van der Waals surface area (Å²) in [5.74, 6) is -2.17. The Morgan fingerprint density at radius 3 is 2.12 bits per heavy atom. The van der Waals surface area contributed by atoms with Crippen LogP contribution in [0, 0.1) is 37.7 Å². The minimum Gasteiger partial charge on any atom is -0.481 e. The molecule has 2 aromatic rings. The third-order valence-corrected chi connectivity index (χ3v) is 9.34. The first-order valence-electron chi connectivity index (χ1n) is 18.1. The minimum atomic E-state index is -0.952. The average Bonchev–Trinajstić information content (AvgIpc) is 3.45. The Morgan fingerprint density at radius 2 is 1.54 bits per heavy atom. The number of thiophene rings is 1. The molecule has 1 atom stereocenters. The molecular formula is C38H55N5O8S. The summed E-state index contributed by atoms with van der Waals surface area (Å²) in [4.78, 5) is 29.7. The molecule has 0 aliphatic heterocycles. The van der Waals surface area contributed by atoms with Gasteiger partial charge in [-0.1, -0.05) is 45.4 Å². The lowest BCUT2D eigenvalue weighted by Crippen LogP contribution is -2.27. The van der Waals surface area contributed by atoms with E-state index in [0.717, 1.165) is 37.1 Å². The Bertz CT molecular complexity index is 1470. The molecule has 286 valence electrons. The number of carboxylic acid groups (broad SMARTS) is 1. The van der Waals surface area contributed by atoms with Crippen molar-refractivity contribution in [3.8, 4) is 6.07 Å². The Hall–Kier alpha value is -3.92. The van der Waals surface area contributed by atoms with Crippen molar-refractivity contribution >= 4 is 45.3 Å². The number of ether oxygens (including phenoxy) is 5. The first-order chi connectivity index (χ1) is 25.2. The van der Waals surface area contributed by atoms with E-state index in [4.69, 9.17) is 30.3 Å². The Kier molecular flexibility index (Phi) is 22.8. The van der Waals surface area contributed by atoms with Crippen molar-refractivity contribution in [2.24, 2.45) is 16.1 Å². The van der Waals surface area contributed by atoms with E-state index < -0.39 is 17.9 Å². The summed E-state index contributed by atoms with van der Waals surface area (Å²) in [6.45, 7) is 20.2. The lowest BCUT2D eigenvalue weighted by molar-refractivity contribution is -0.152. The number of azo groups is 1. The van der Waals surface area contributed by atoms with Crippen LogP contribution in [0.15, 0.2) is 28.4 Å². The number of hydrogen-bond acceptors (Lipinski definition) is 12. The molecule has 0 aliphatic carbocycles. The predicted molar refractivity (Wildman–Crippen MR) is 201 cm³/mol. The first-order valence-corrected chi connectivity index (χ1v) is 18.9. The fourth-order valence-electron chi connectivity index (χ4n) is 5.21. The molecule has 1 N–H and O–H groups in total. The van der Waals surface area contributed by atoms with Gasteiger partial charge in [-0.3, -0.25) is 9.59 Å². The van der Waals surface area contributed by atoms with Gasteiger partial charge in [-0.15, -0.1) is 11.3 Å². The summed E-state index contributed by atoms with van der Waals surface area (Å²) in [5, 5.41) is 27.7. The number of nitrogens with zero attached hydrogens (tertiary/aromatic N) is 5. The van der Waals surface area contributed by atoms with E-state index in [0.29, 0.717) is 86.0 Å². The number of carbonyl (C=O) groups is 2. The Morgan fingerprint density at radius 1 is 0.923 bits per heavy atom. The van der Waals surface area contributed by atoms with Crippen LogP contribution in [-0.4, -0.2) is 89.6 Å². The normalized spacial score (nSPS) is 11.7. The van der Waals surface area contributed by atoms with Gasteiger partial charge in [0, 0.05) is 18.8 Å². The van der Waals surface area contributed by atoms with Crippen LogP contribution in [0.25, 0.3) is 4.85 Å². The highest BCUT2D eigenvalue weighted by atomic mass is 32.1. The SMILES string of the molecule is [C-]#[N+]c1c(N=Nc2ccc(N(CC)CCOCCOCCOCCOCCOC(=O)CC(CCCCCCCC)C(=O)O)cc2C)sc(C#N)c1C. The van der Waals surface area contributed by atoms with Gasteiger partial charge in [0.15, 0.2) is 0 Å². The van der Waals surface area contributed by atoms with Gasteiger partial charge in [-0.2, -0.15) is 15.5 Å². The van der Waals surface area contributed by atoms with Crippen molar-refractivity contribution in [2.45, 2.75) is 79.1 Å². The van der Waals surface area contributed by atoms with Crippen LogP contribution < -0.4 is 4.90 Å². The number of nitriles is 1. The van der Waals surface area contributed by atoms with Crippen LogP contribution in [0.4, 0.5) is 22.1 Å². The van der Waals surface area contributed by atoms with Crippen LogP contribution >= 0.6 is 11.3 Å². The second kappa shape index (κ2) is 26.8. The monoisotopic (exact) mass is 741 g/mol. The maximum Gasteiger partial charge on any atom is 0.307 e. The van der Waals surface area contributed by atoms with Gasteiger partial charge in [0.25, 0.3) is 0 Å². The molecule has 0 saturated carbocycles. The number of likely N-dealkylation sites (N-methyl/N-ethyl adjacent to an activating group) is 1. The number of benzene rings is 1. The quantitative estimate of drug-likeness (QED) is 0.0371. The number of rotatable bonds is 29. The maximum atomic E-state index is 12.0. The van der Waals surface area contributed by atoms with E-state index in [1.807, 2.05) is 25.1 Å². The van der Waals surface area contributed by atoms with Crippen LogP contribution in [0.1, 0.15) is 81.2 Å². The van der Waals surface area contributed by atoms with Crippen LogP contribution in [0.5, 0.6) is 0 Å². The first kappa shape index (κ1) is 44.2. The molecule has 0 bridgehead atoms. The summed E-state index contributed by atoms with van der Waals surface area (Å²) in [5.41, 5.74) is 3.71. The molecular weight excluding hydrogens is 687 g/mol. The maximum absolute atomic E-state index is 12.0. The van der Waals surface area contributed by atoms with Crippen molar-refractivity contribution < 1.29 is 38.4 Å². The molecule has 0 spiro atoms. The van der Waals surface area contributed by atoms with E-state index in [1.165, 1.54) is 30.6 Å². The summed E-state index contributed by atoms with van der Waals surface area (Å²) in [6, 6.07) is 8.05. The predicted octanol–water partition coefficient (Wildman–Crippen LogP) is 8.48. The van der Waals surface area contributed by atoms with E-state index >= 15 is 0 Å². The molecule has 0 fully saturated rings. The van der Waals surface area contributed by atoms with E-state index in [-0.39, 0.29) is 19.6 Å². The molecule has 0 saturated heterocycles. The fourth-order valence-corrected chi connectivity index (χ4v) is 6.07. The van der Waals surface area contributed by atoms with Gasteiger partial charge in [0.2, 0.25) is 5.69 Å². The molecule has 0 aliphatic rings. The molecule has 1 aromatic heterocycles. The second-order valence-electron chi connectivity index (χ2n) is 12.1. The second-order valence-corrected chi connectivity index (χ2v) is 13.1. The summed E-state index contributed by atoms with van der Waals surface area (Å²) in [7, 11) is 0. The molecule has 0 radical (unpaired) electrons. The van der Waals surface area contributed by atoms with Gasteiger partial charge < -0.3 is 33.7 Å². The minimum absolute atomic E-state index is 0.0781. The molecule has 1 heterocycles. The molecule has 1 aromatic carbocycles. The van der Waals surface area contributed by atoms with E-state index in [2.05, 4.69) is 39.9 Å². The van der Waals surface area contributed by atoms with Crippen molar-refractivity contribution in [1.82, 2.24) is 0 Å². The van der Waals surface area contributed by atoms with Gasteiger partial charge >= 0.3 is 11.9 Å². The number of carboxylic acids is 1. The largest absolute Gasteiger partial charge is 0.481 e. The van der Waals surface area contributed by atoms with Gasteiger partial charge in [0.1, 0.15) is 17.7 Å². The average molecular weight is 742 g/mol. The highest BCUT2D eigenvalue weighted by molar-refractivity contribution is 7.17. The standard InChI is InChI=1S/C38H55N5O8S/c1-6-8-9-10-11-12-13-31(38(45)46)27-35(44)51-25-24-50-23-22-49-21-20-48-19-18-47-17-16-43(7-2)32-14-15-33(29(3)26-32)41-42-37-36(40-5)30(4)34(28-39)52-37/h14-15,26,31H,6-13,16-25,27H2,1-4H3,(H,45,46). The zero-order chi connectivity index (χ0) is 38.0. The van der Waals surface area contributed by atoms with Crippen LogP contribution in [0.3, 0.4) is 0 Å². The lowest BCUT2D eigenvalue weighted by atomic mass is 9.97. The topological polar surface area (TPSA) is 157 Å². The Balaban J connectivity index is 1.50. The lowest BCUT2D eigenvalue weighted by Gasteiger charge is -2.23. The third kappa shape index (κ3) is 17.1. The molecule has 52 heavy (non-hydrogen) atoms. The smallest absolute Gasteiger partial charge is 0.307 e. The van der Waals surface area contributed by atoms with Crippen LogP contribution in [-0.2, 0) is 33.3 Å². The van der Waals surface area contributed by atoms with E-state index in [9.17, 15) is 20.0 Å². The molecule has 2 rings (SSSR count). The third-order valence-electron chi connectivity index (χ3n) is 8.27. The Labute approximate surface area is 312 Å². The fraction of sp³-hybridized carbons (Fsp3) is 0.632. The molecule has 1 unspecified atom stereocenters. The number of aryl methyl sites for hydroxylation is 1. The van der Waals surface area contributed by atoms with E-state index in [1.54, 1.807) is 6.92 Å². The highest BCUT2D eigenvalue weighted by Gasteiger charge is 2.21. The van der Waals surface area contributed by atoms with Gasteiger partial charge in [0.05, 0.1) is 82.3 Å². The van der Waals surface area contributed by atoms with Crippen LogP contribution in [0.2, 0.25) is 0 Å². The number of esters is 1. The van der Waals surface area contributed by atoms with Gasteiger partial charge in [-0.25, -0.2) is 4.85 Å². The molecule has 14 heteroatoms. The number of unbranched alkanes of at least 4 members (excludes halogenated alkanes) is 5. The zero-order valence-electron chi connectivity index (χ0n) is 31.2. The zero-order valence-corrected chi connectivity index (χ0v) is 32.0. The summed E-state index contributed by atoms with van der Waals surface area (Å²) < 4.78 is 27.4. The van der Waals surface area contributed by atoms with Crippen molar-refractivity contribution in [2.75, 3.05) is 77.5 Å². The number of hydrogen-bond donors (Lipinski definition) is 1. The number of carbonyl (C=O) groups excluding carboxylic acids is 1. The molecule has 0 amide bonds. The summed E-state index contributed by atoms with van der Waals surface area (Å²) >= 11 is 1.18. The molecule has 13 nitrogen and oxygen atoms in total. The number of aliphatic carboxylic acids is 1. The highest BCUT2D eigenvalue weighted by Crippen LogP contribution is 2.42.